The number of benzene rings is 2. The summed E-state index contributed by atoms with van der Waals surface area (Å²) in [6.45, 7) is 7.01. The van der Waals surface area contributed by atoms with Crippen LogP contribution >= 0.6 is 0 Å². The normalized spacial score (nSPS) is 14.1. The molecule has 26 heavy (non-hydrogen) atoms. The Morgan fingerprint density at radius 3 is 2.58 bits per heavy atom. The smallest absolute Gasteiger partial charge is 0.238 e. The van der Waals surface area contributed by atoms with Crippen LogP contribution in [-0.4, -0.2) is 23.4 Å². The summed E-state index contributed by atoms with van der Waals surface area (Å²) in [4.78, 5) is 14.8. The highest BCUT2D eigenvalue weighted by Gasteiger charge is 2.31. The fourth-order valence-corrected chi connectivity index (χ4v) is 3.30. The lowest BCUT2D eigenvalue weighted by molar-refractivity contribution is -0.117. The highest BCUT2D eigenvalue weighted by Crippen LogP contribution is 2.30. The first-order valence-electron chi connectivity index (χ1n) is 9.32. The molecule has 1 fully saturated rings. The number of halogens is 1. The number of hydrogen-bond acceptors (Lipinski definition) is 2. The van der Waals surface area contributed by atoms with Gasteiger partial charge >= 0.3 is 0 Å². The number of rotatable bonds is 7. The quantitative estimate of drug-likeness (QED) is 0.770. The van der Waals surface area contributed by atoms with E-state index in [2.05, 4.69) is 30.1 Å². The van der Waals surface area contributed by atoms with Gasteiger partial charge in [0.05, 0.1) is 6.54 Å². The standard InChI is InChI=1S/C22H27FN2O/c1-15(2)19-9-6-7-16(3)22(19)24-21(26)14-25(18-11-12-18)13-17-8-4-5-10-20(17)23/h4-10,15,18H,11-14H2,1-3H3,(H,24,26). The summed E-state index contributed by atoms with van der Waals surface area (Å²) in [5.74, 6) is 0.0899. The minimum absolute atomic E-state index is 0.0376. The van der Waals surface area contributed by atoms with Crippen LogP contribution in [0, 0.1) is 12.7 Å². The third-order valence-corrected chi connectivity index (χ3v) is 4.93. The van der Waals surface area contributed by atoms with Crippen molar-refractivity contribution in [1.82, 2.24) is 4.90 Å². The predicted molar refractivity (Wildman–Crippen MR) is 104 cm³/mol. The average molecular weight is 354 g/mol. The molecule has 1 aliphatic rings. The largest absolute Gasteiger partial charge is 0.324 e. The van der Waals surface area contributed by atoms with Gasteiger partial charge in [0.2, 0.25) is 5.91 Å². The van der Waals surface area contributed by atoms with E-state index in [1.807, 2.05) is 25.1 Å². The topological polar surface area (TPSA) is 32.3 Å². The number of anilines is 1. The second-order valence-corrected chi connectivity index (χ2v) is 7.47. The van der Waals surface area contributed by atoms with E-state index in [4.69, 9.17) is 0 Å². The summed E-state index contributed by atoms with van der Waals surface area (Å²) < 4.78 is 14.0. The predicted octanol–water partition coefficient (Wildman–Crippen LogP) is 4.86. The molecule has 0 aliphatic heterocycles. The van der Waals surface area contributed by atoms with Crippen LogP contribution in [0.3, 0.4) is 0 Å². The highest BCUT2D eigenvalue weighted by atomic mass is 19.1. The number of para-hydroxylation sites is 1. The third-order valence-electron chi connectivity index (χ3n) is 4.93. The van der Waals surface area contributed by atoms with Crippen LogP contribution in [0.4, 0.5) is 10.1 Å². The molecule has 0 spiro atoms. The van der Waals surface area contributed by atoms with E-state index in [0.717, 1.165) is 29.7 Å². The summed E-state index contributed by atoms with van der Waals surface area (Å²) in [5.41, 5.74) is 3.77. The molecule has 0 heterocycles. The Labute approximate surface area is 155 Å². The molecule has 1 aliphatic carbocycles. The number of carbonyl (C=O) groups is 1. The van der Waals surface area contributed by atoms with Crippen molar-refractivity contribution >= 4 is 11.6 Å². The second kappa shape index (κ2) is 8.00. The summed E-state index contributed by atoms with van der Waals surface area (Å²) in [6.07, 6.45) is 2.15. The van der Waals surface area contributed by atoms with E-state index in [9.17, 15) is 9.18 Å². The fourth-order valence-electron chi connectivity index (χ4n) is 3.30. The number of amides is 1. The molecule has 0 saturated heterocycles. The van der Waals surface area contributed by atoms with Crippen LogP contribution in [0.15, 0.2) is 42.5 Å². The van der Waals surface area contributed by atoms with Gasteiger partial charge in [-0.15, -0.1) is 0 Å². The van der Waals surface area contributed by atoms with Crippen LogP contribution in [0.2, 0.25) is 0 Å². The van der Waals surface area contributed by atoms with Gasteiger partial charge in [-0.3, -0.25) is 9.69 Å². The van der Waals surface area contributed by atoms with Crippen LogP contribution in [0.5, 0.6) is 0 Å². The zero-order valence-electron chi connectivity index (χ0n) is 15.8. The minimum atomic E-state index is -0.209. The number of nitrogens with zero attached hydrogens (tertiary/aromatic N) is 1. The van der Waals surface area contributed by atoms with E-state index in [1.165, 1.54) is 6.07 Å². The molecule has 0 radical (unpaired) electrons. The van der Waals surface area contributed by atoms with Crippen LogP contribution < -0.4 is 5.32 Å². The summed E-state index contributed by atoms with van der Waals surface area (Å²) in [5, 5.41) is 3.10. The molecule has 0 aromatic heterocycles. The summed E-state index contributed by atoms with van der Waals surface area (Å²) in [7, 11) is 0. The average Bonchev–Trinajstić information content (AvgIpc) is 3.43. The van der Waals surface area contributed by atoms with Crippen LogP contribution in [0.25, 0.3) is 0 Å². The van der Waals surface area contributed by atoms with Gasteiger partial charge in [-0.1, -0.05) is 50.2 Å². The van der Waals surface area contributed by atoms with Crippen LogP contribution in [0.1, 0.15) is 49.3 Å². The number of hydrogen-bond donors (Lipinski definition) is 1. The van der Waals surface area contributed by atoms with Crippen molar-refractivity contribution in [3.8, 4) is 0 Å². The zero-order valence-corrected chi connectivity index (χ0v) is 15.8. The molecular weight excluding hydrogens is 327 g/mol. The first-order valence-corrected chi connectivity index (χ1v) is 9.32. The van der Waals surface area contributed by atoms with Crippen molar-refractivity contribution in [1.29, 1.82) is 0 Å². The van der Waals surface area contributed by atoms with Crippen molar-refractivity contribution in [3.63, 3.8) is 0 Å². The molecular formula is C22H27FN2O. The van der Waals surface area contributed by atoms with Gasteiger partial charge in [0.1, 0.15) is 5.82 Å². The first-order chi connectivity index (χ1) is 12.5. The van der Waals surface area contributed by atoms with Crippen molar-refractivity contribution < 1.29 is 9.18 Å². The van der Waals surface area contributed by atoms with Gasteiger partial charge in [-0.2, -0.15) is 0 Å². The summed E-state index contributed by atoms with van der Waals surface area (Å²) >= 11 is 0. The molecule has 3 nitrogen and oxygen atoms in total. The monoisotopic (exact) mass is 354 g/mol. The van der Waals surface area contributed by atoms with Gasteiger partial charge in [-0.25, -0.2) is 4.39 Å². The molecule has 4 heteroatoms. The molecule has 138 valence electrons. The van der Waals surface area contributed by atoms with Crippen molar-refractivity contribution in [2.45, 2.75) is 52.1 Å². The van der Waals surface area contributed by atoms with Gasteiger partial charge in [-0.05, 0) is 42.9 Å². The maximum absolute atomic E-state index is 14.0. The molecule has 2 aromatic rings. The van der Waals surface area contributed by atoms with E-state index in [-0.39, 0.29) is 18.3 Å². The minimum Gasteiger partial charge on any atom is -0.324 e. The fraction of sp³-hybridized carbons (Fsp3) is 0.409. The molecule has 0 unspecified atom stereocenters. The SMILES string of the molecule is Cc1cccc(C(C)C)c1NC(=O)CN(Cc1ccccc1F)C1CC1. The first kappa shape index (κ1) is 18.6. The van der Waals surface area contributed by atoms with Crippen molar-refractivity contribution in [2.75, 3.05) is 11.9 Å². The van der Waals surface area contributed by atoms with E-state index in [0.29, 0.717) is 24.1 Å². The maximum atomic E-state index is 14.0. The maximum Gasteiger partial charge on any atom is 0.238 e. The Hall–Kier alpha value is -2.20. The van der Waals surface area contributed by atoms with Gasteiger partial charge < -0.3 is 5.32 Å². The lowest BCUT2D eigenvalue weighted by Crippen LogP contribution is -2.35. The zero-order chi connectivity index (χ0) is 18.7. The molecule has 0 atom stereocenters. The van der Waals surface area contributed by atoms with E-state index < -0.39 is 0 Å². The Morgan fingerprint density at radius 2 is 1.92 bits per heavy atom. The highest BCUT2D eigenvalue weighted by molar-refractivity contribution is 5.94. The molecule has 1 saturated carbocycles. The molecule has 1 N–H and O–H groups in total. The van der Waals surface area contributed by atoms with Gasteiger partial charge in [0.25, 0.3) is 0 Å². The third kappa shape index (κ3) is 4.50. The van der Waals surface area contributed by atoms with E-state index in [1.54, 1.807) is 12.1 Å². The molecule has 2 aromatic carbocycles. The van der Waals surface area contributed by atoms with Gasteiger partial charge in [0, 0.05) is 23.8 Å². The lowest BCUT2D eigenvalue weighted by Gasteiger charge is -2.23. The van der Waals surface area contributed by atoms with Crippen molar-refractivity contribution in [2.24, 2.45) is 0 Å². The Morgan fingerprint density at radius 1 is 1.19 bits per heavy atom. The lowest BCUT2D eigenvalue weighted by atomic mass is 9.98. The molecule has 1 amide bonds. The number of nitrogens with one attached hydrogen (secondary N) is 1. The Kier molecular flexibility index (Phi) is 5.72. The van der Waals surface area contributed by atoms with Gasteiger partial charge in [0.15, 0.2) is 0 Å². The Balaban J connectivity index is 1.71. The van der Waals surface area contributed by atoms with Crippen molar-refractivity contribution in [3.05, 3.63) is 65.0 Å². The summed E-state index contributed by atoms with van der Waals surface area (Å²) in [6, 6.07) is 13.3. The second-order valence-electron chi connectivity index (χ2n) is 7.47. The molecule has 0 bridgehead atoms. The van der Waals surface area contributed by atoms with Crippen LogP contribution in [-0.2, 0) is 11.3 Å². The van der Waals surface area contributed by atoms with E-state index >= 15 is 0 Å². The molecule has 3 rings (SSSR count). The number of aryl methyl sites for hydroxylation is 1. The Bertz CT molecular complexity index is 783. The number of carbonyl (C=O) groups excluding carboxylic acids is 1.